The number of alkyl halides is 3. The van der Waals surface area contributed by atoms with Crippen LogP contribution < -0.4 is 10.6 Å². The highest BCUT2D eigenvalue weighted by Gasteiger charge is 2.49. The zero-order valence-electron chi connectivity index (χ0n) is 18.3. The number of nitrogens with one attached hydrogen (secondary N) is 2. The molecular weight excluding hydrogens is 470 g/mol. The number of carbonyl (C=O) groups is 3. The van der Waals surface area contributed by atoms with Crippen molar-refractivity contribution in [3.63, 3.8) is 0 Å². The first-order chi connectivity index (χ1) is 16.5. The monoisotopic (exact) mass is 489 g/mol. The Kier molecular flexibility index (Phi) is 6.05. The second-order valence-electron chi connectivity index (χ2n) is 8.04. The first-order valence-electron chi connectivity index (χ1n) is 10.4. The van der Waals surface area contributed by atoms with Gasteiger partial charge in [-0.1, -0.05) is 24.3 Å². The summed E-state index contributed by atoms with van der Waals surface area (Å²) in [4.78, 5) is 38.4. The number of urea groups is 1. The molecule has 1 unspecified atom stereocenters. The lowest BCUT2D eigenvalue weighted by atomic mass is 9.92. The molecule has 0 spiro atoms. The van der Waals surface area contributed by atoms with Crippen LogP contribution in [0.4, 0.5) is 22.4 Å². The van der Waals surface area contributed by atoms with Crippen molar-refractivity contribution in [2.24, 2.45) is 0 Å². The second kappa shape index (κ2) is 8.85. The Morgan fingerprint density at radius 2 is 1.71 bits per heavy atom. The molecule has 2 heterocycles. The summed E-state index contributed by atoms with van der Waals surface area (Å²) in [5.41, 5.74) is -1.03. The van der Waals surface area contributed by atoms with E-state index in [1.54, 1.807) is 24.3 Å². The maximum absolute atomic E-state index is 13.2. The molecule has 4 rings (SSSR count). The maximum atomic E-state index is 13.2. The van der Waals surface area contributed by atoms with Crippen molar-refractivity contribution in [1.82, 2.24) is 25.3 Å². The molecule has 2 aromatic carbocycles. The second-order valence-corrected chi connectivity index (χ2v) is 8.04. The van der Waals surface area contributed by atoms with E-state index in [1.807, 2.05) is 0 Å². The fourth-order valence-corrected chi connectivity index (χ4v) is 3.61. The molecule has 1 aliphatic rings. The Morgan fingerprint density at radius 1 is 1.06 bits per heavy atom. The largest absolute Gasteiger partial charge is 0.435 e. The lowest BCUT2D eigenvalue weighted by Crippen LogP contribution is -2.43. The van der Waals surface area contributed by atoms with Gasteiger partial charge in [-0.25, -0.2) is 13.9 Å². The van der Waals surface area contributed by atoms with Gasteiger partial charge in [-0.3, -0.25) is 14.5 Å². The number of aromatic nitrogens is 2. The van der Waals surface area contributed by atoms with Gasteiger partial charge >= 0.3 is 12.2 Å². The van der Waals surface area contributed by atoms with Crippen molar-refractivity contribution < 1.29 is 31.9 Å². The van der Waals surface area contributed by atoms with Crippen LogP contribution in [0, 0.1) is 5.82 Å². The van der Waals surface area contributed by atoms with E-state index in [0.717, 1.165) is 15.6 Å². The van der Waals surface area contributed by atoms with E-state index in [0.29, 0.717) is 16.8 Å². The van der Waals surface area contributed by atoms with Crippen LogP contribution in [0.15, 0.2) is 60.8 Å². The number of amides is 4. The molecule has 8 nitrogen and oxygen atoms in total. The van der Waals surface area contributed by atoms with Crippen LogP contribution in [0.3, 0.4) is 0 Å². The quantitative estimate of drug-likeness (QED) is 0.411. The van der Waals surface area contributed by atoms with Crippen molar-refractivity contribution in [3.05, 3.63) is 83.4 Å². The normalized spacial score (nSPS) is 18.0. The smallest absolute Gasteiger partial charge is 0.350 e. The Balaban J connectivity index is 1.35. The summed E-state index contributed by atoms with van der Waals surface area (Å²) in [6.07, 6.45) is -3.35. The molecule has 0 radical (unpaired) electrons. The minimum Gasteiger partial charge on any atom is -0.350 e. The fraction of sp³-hybridized carbons (Fsp3) is 0.217. The molecule has 1 aliphatic heterocycles. The minimum atomic E-state index is -4.54. The predicted octanol–water partition coefficient (Wildman–Crippen LogP) is 3.11. The summed E-state index contributed by atoms with van der Waals surface area (Å²) >= 11 is 0. The van der Waals surface area contributed by atoms with Gasteiger partial charge in [-0.05, 0) is 48.4 Å². The van der Waals surface area contributed by atoms with Crippen LogP contribution in [-0.2, 0) is 27.8 Å². The molecular formula is C23H19F4N5O3. The summed E-state index contributed by atoms with van der Waals surface area (Å²) in [5.74, 6) is -1.73. The van der Waals surface area contributed by atoms with Gasteiger partial charge in [0.2, 0.25) is 5.91 Å². The molecule has 4 amide bonds. The van der Waals surface area contributed by atoms with Crippen molar-refractivity contribution in [2.45, 2.75) is 25.2 Å². The standard InChI is InChI=1S/C23H19F4N5O3/c1-22(15-4-6-16(24)7-5-15)20(34)31(21(35)29-22)13-19(33)28-12-14-2-8-17(9-3-14)32-11-10-18(30-32)23(25,26)27/h2-11H,12-13H2,1H3,(H,28,33)(H,29,35). The minimum absolute atomic E-state index is 0.0604. The van der Waals surface area contributed by atoms with Crippen LogP contribution >= 0.6 is 0 Å². The summed E-state index contributed by atoms with van der Waals surface area (Å²) in [6.45, 7) is 1.01. The number of nitrogens with zero attached hydrogens (tertiary/aromatic N) is 3. The number of hydrogen-bond acceptors (Lipinski definition) is 4. The van der Waals surface area contributed by atoms with Crippen molar-refractivity contribution >= 4 is 17.8 Å². The van der Waals surface area contributed by atoms with Gasteiger partial charge in [0.05, 0.1) is 5.69 Å². The van der Waals surface area contributed by atoms with E-state index in [2.05, 4.69) is 15.7 Å². The van der Waals surface area contributed by atoms with Gasteiger partial charge in [0.1, 0.15) is 17.9 Å². The van der Waals surface area contributed by atoms with E-state index in [-0.39, 0.29) is 6.54 Å². The maximum Gasteiger partial charge on any atom is 0.435 e. The van der Waals surface area contributed by atoms with Crippen LogP contribution in [0.5, 0.6) is 0 Å². The first kappa shape index (κ1) is 23.9. The molecule has 1 fully saturated rings. The summed E-state index contributed by atoms with van der Waals surface area (Å²) in [6, 6.07) is 11.5. The topological polar surface area (TPSA) is 96.3 Å². The van der Waals surface area contributed by atoms with Crippen LogP contribution in [0.1, 0.15) is 23.7 Å². The molecule has 1 aromatic heterocycles. The Bertz CT molecular complexity index is 1270. The third kappa shape index (κ3) is 4.86. The highest BCUT2D eigenvalue weighted by Crippen LogP contribution is 2.29. The van der Waals surface area contributed by atoms with Crippen LogP contribution in [0.25, 0.3) is 5.69 Å². The van der Waals surface area contributed by atoms with Gasteiger partial charge < -0.3 is 10.6 Å². The SMILES string of the molecule is CC1(c2ccc(F)cc2)NC(=O)N(CC(=O)NCc2ccc(-n3ccc(C(F)(F)F)n3)cc2)C1=O. The van der Waals surface area contributed by atoms with Gasteiger partial charge in [0.25, 0.3) is 5.91 Å². The molecule has 35 heavy (non-hydrogen) atoms. The molecule has 3 aromatic rings. The van der Waals surface area contributed by atoms with E-state index < -0.39 is 47.6 Å². The third-order valence-corrected chi connectivity index (χ3v) is 5.57. The third-order valence-electron chi connectivity index (χ3n) is 5.57. The average Bonchev–Trinajstić information content (AvgIpc) is 3.39. The number of halogens is 4. The average molecular weight is 489 g/mol. The highest BCUT2D eigenvalue weighted by molar-refractivity contribution is 6.09. The predicted molar refractivity (Wildman–Crippen MR) is 114 cm³/mol. The van der Waals surface area contributed by atoms with E-state index in [9.17, 15) is 31.9 Å². The number of rotatable bonds is 6. The lowest BCUT2D eigenvalue weighted by Gasteiger charge is -2.22. The van der Waals surface area contributed by atoms with Crippen molar-refractivity contribution in [1.29, 1.82) is 0 Å². The van der Waals surface area contributed by atoms with Gasteiger partial charge in [0, 0.05) is 12.7 Å². The molecule has 0 saturated carbocycles. The number of carbonyl (C=O) groups excluding carboxylic acids is 3. The van der Waals surface area contributed by atoms with E-state index in [4.69, 9.17) is 0 Å². The highest BCUT2D eigenvalue weighted by atomic mass is 19.4. The van der Waals surface area contributed by atoms with E-state index >= 15 is 0 Å². The zero-order chi connectivity index (χ0) is 25.4. The number of imide groups is 1. The van der Waals surface area contributed by atoms with Gasteiger partial charge in [-0.15, -0.1) is 0 Å². The molecule has 0 bridgehead atoms. The van der Waals surface area contributed by atoms with Crippen molar-refractivity contribution in [3.8, 4) is 5.69 Å². The Labute approximate surface area is 196 Å². The van der Waals surface area contributed by atoms with Crippen LogP contribution in [-0.4, -0.2) is 39.1 Å². The van der Waals surface area contributed by atoms with Crippen molar-refractivity contribution in [2.75, 3.05) is 6.54 Å². The Hall–Kier alpha value is -4.22. The number of benzene rings is 2. The molecule has 1 atom stereocenters. The van der Waals surface area contributed by atoms with E-state index in [1.165, 1.54) is 37.4 Å². The fourth-order valence-electron chi connectivity index (χ4n) is 3.61. The summed E-state index contributed by atoms with van der Waals surface area (Å²) < 4.78 is 52.4. The molecule has 2 N–H and O–H groups in total. The first-order valence-corrected chi connectivity index (χ1v) is 10.4. The molecule has 0 aliphatic carbocycles. The summed E-state index contributed by atoms with van der Waals surface area (Å²) in [7, 11) is 0. The van der Waals surface area contributed by atoms with Gasteiger partial charge in [0.15, 0.2) is 5.69 Å². The molecule has 12 heteroatoms. The zero-order valence-corrected chi connectivity index (χ0v) is 18.3. The van der Waals surface area contributed by atoms with Crippen LogP contribution in [0.2, 0.25) is 0 Å². The molecule has 182 valence electrons. The lowest BCUT2D eigenvalue weighted by molar-refractivity contribution is -0.141. The number of hydrogen-bond donors (Lipinski definition) is 2. The molecule has 1 saturated heterocycles. The Morgan fingerprint density at radius 3 is 2.31 bits per heavy atom. The summed E-state index contributed by atoms with van der Waals surface area (Å²) in [5, 5.41) is 8.62. The van der Waals surface area contributed by atoms with Gasteiger partial charge in [-0.2, -0.15) is 18.3 Å².